The molecular formula is C15H19N5. The number of hydrogen-bond acceptors (Lipinski definition) is 3. The van der Waals surface area contributed by atoms with Crippen LogP contribution in [0.15, 0.2) is 30.5 Å². The largest absolute Gasteiger partial charge is 0.340 e. The van der Waals surface area contributed by atoms with Crippen molar-refractivity contribution in [3.63, 3.8) is 0 Å². The number of benzene rings is 1. The van der Waals surface area contributed by atoms with Gasteiger partial charge in [-0.15, -0.1) is 10.2 Å². The second-order valence-corrected chi connectivity index (χ2v) is 5.09. The van der Waals surface area contributed by atoms with E-state index in [-0.39, 0.29) is 0 Å². The Bertz CT molecular complexity index is 738. The molecule has 3 rings (SSSR count). The van der Waals surface area contributed by atoms with Gasteiger partial charge in [0.05, 0.1) is 6.54 Å². The Hall–Kier alpha value is -2.14. The van der Waals surface area contributed by atoms with Crippen LogP contribution in [0.25, 0.3) is 10.9 Å². The van der Waals surface area contributed by atoms with Crippen molar-refractivity contribution in [2.75, 3.05) is 7.05 Å². The number of fused-ring (bicyclic) bond motifs is 1. The summed E-state index contributed by atoms with van der Waals surface area (Å²) >= 11 is 0. The van der Waals surface area contributed by atoms with Crippen molar-refractivity contribution < 1.29 is 0 Å². The van der Waals surface area contributed by atoms with Gasteiger partial charge in [0.1, 0.15) is 5.82 Å². The van der Waals surface area contributed by atoms with Crippen LogP contribution < -0.4 is 5.32 Å². The summed E-state index contributed by atoms with van der Waals surface area (Å²) in [6.45, 7) is 3.59. The average Bonchev–Trinajstić information content (AvgIpc) is 2.98. The third-order valence-electron chi connectivity index (χ3n) is 3.71. The summed E-state index contributed by atoms with van der Waals surface area (Å²) in [4.78, 5) is 0. The van der Waals surface area contributed by atoms with Crippen LogP contribution in [0.5, 0.6) is 0 Å². The first-order chi connectivity index (χ1) is 9.69. The fraction of sp³-hybridized carbons (Fsp3) is 0.333. The van der Waals surface area contributed by atoms with Gasteiger partial charge in [-0.1, -0.05) is 12.1 Å². The van der Waals surface area contributed by atoms with Gasteiger partial charge < -0.3 is 14.5 Å². The number of aromatic nitrogens is 4. The van der Waals surface area contributed by atoms with Crippen LogP contribution in [0.2, 0.25) is 0 Å². The highest BCUT2D eigenvalue weighted by Crippen LogP contribution is 2.18. The van der Waals surface area contributed by atoms with Crippen molar-refractivity contribution >= 4 is 10.9 Å². The van der Waals surface area contributed by atoms with Gasteiger partial charge in [0.25, 0.3) is 0 Å². The van der Waals surface area contributed by atoms with Gasteiger partial charge in [0.2, 0.25) is 0 Å². The predicted molar refractivity (Wildman–Crippen MR) is 79.5 cm³/mol. The quantitative estimate of drug-likeness (QED) is 0.786. The van der Waals surface area contributed by atoms with Gasteiger partial charge in [-0.2, -0.15) is 0 Å². The summed E-state index contributed by atoms with van der Waals surface area (Å²) in [5.41, 5.74) is 2.52. The molecule has 1 N–H and O–H groups in total. The molecule has 0 radical (unpaired) electrons. The summed E-state index contributed by atoms with van der Waals surface area (Å²) in [7, 11) is 3.97. The topological polar surface area (TPSA) is 47.7 Å². The lowest BCUT2D eigenvalue weighted by molar-refractivity contribution is 0.707. The molecule has 0 aliphatic carbocycles. The highest BCUT2D eigenvalue weighted by molar-refractivity contribution is 5.80. The van der Waals surface area contributed by atoms with Crippen molar-refractivity contribution in [3.8, 4) is 0 Å². The third-order valence-corrected chi connectivity index (χ3v) is 3.71. The van der Waals surface area contributed by atoms with Gasteiger partial charge in [-0.25, -0.2) is 0 Å². The van der Waals surface area contributed by atoms with E-state index >= 15 is 0 Å². The maximum atomic E-state index is 4.24. The molecule has 2 aromatic heterocycles. The molecule has 0 amide bonds. The first-order valence-electron chi connectivity index (χ1n) is 6.76. The molecule has 0 unspecified atom stereocenters. The second-order valence-electron chi connectivity index (χ2n) is 5.09. The van der Waals surface area contributed by atoms with Crippen LogP contribution in [0.1, 0.15) is 17.2 Å². The number of nitrogens with zero attached hydrogens (tertiary/aromatic N) is 4. The SMILES string of the molecule is CNCc1ccc2ccn(Cc3nnc(C)n3C)c2c1. The molecule has 0 atom stereocenters. The molecule has 1 aromatic carbocycles. The zero-order valence-corrected chi connectivity index (χ0v) is 12.1. The van der Waals surface area contributed by atoms with Crippen LogP contribution in [-0.4, -0.2) is 26.4 Å². The van der Waals surface area contributed by atoms with E-state index < -0.39 is 0 Å². The van der Waals surface area contributed by atoms with E-state index in [9.17, 15) is 0 Å². The van der Waals surface area contributed by atoms with Crippen molar-refractivity contribution in [1.29, 1.82) is 0 Å². The lowest BCUT2D eigenvalue weighted by atomic mass is 10.1. The van der Waals surface area contributed by atoms with Crippen molar-refractivity contribution in [2.45, 2.75) is 20.0 Å². The third kappa shape index (κ3) is 2.20. The molecule has 0 fully saturated rings. The van der Waals surface area contributed by atoms with E-state index in [1.807, 2.05) is 25.6 Å². The maximum Gasteiger partial charge on any atom is 0.152 e. The van der Waals surface area contributed by atoms with Crippen molar-refractivity contribution in [2.24, 2.45) is 7.05 Å². The summed E-state index contributed by atoms with van der Waals surface area (Å²) in [5, 5.41) is 12.8. The average molecular weight is 269 g/mol. The predicted octanol–water partition coefficient (Wildman–Crippen LogP) is 1.85. The Labute approximate surface area is 118 Å². The second kappa shape index (κ2) is 5.09. The van der Waals surface area contributed by atoms with Crippen molar-refractivity contribution in [3.05, 3.63) is 47.7 Å². The summed E-state index contributed by atoms with van der Waals surface area (Å²) < 4.78 is 4.25. The molecule has 5 heteroatoms. The van der Waals surface area contributed by atoms with Gasteiger partial charge in [-0.3, -0.25) is 0 Å². The van der Waals surface area contributed by atoms with E-state index in [1.165, 1.54) is 16.5 Å². The van der Waals surface area contributed by atoms with Gasteiger partial charge in [0.15, 0.2) is 5.82 Å². The van der Waals surface area contributed by atoms with E-state index in [0.717, 1.165) is 24.7 Å². The minimum absolute atomic E-state index is 0.740. The molecule has 0 spiro atoms. The molecule has 3 aromatic rings. The molecular weight excluding hydrogens is 250 g/mol. The molecule has 0 saturated heterocycles. The summed E-state index contributed by atoms with van der Waals surface area (Å²) in [6.07, 6.45) is 2.11. The van der Waals surface area contributed by atoms with Gasteiger partial charge in [-0.05, 0) is 37.1 Å². The molecule has 0 bridgehead atoms. The Morgan fingerprint density at radius 2 is 2.05 bits per heavy atom. The smallest absolute Gasteiger partial charge is 0.152 e. The summed E-state index contributed by atoms with van der Waals surface area (Å²) in [5.74, 6) is 1.91. The van der Waals surface area contributed by atoms with Crippen LogP contribution in [0.4, 0.5) is 0 Å². The lowest BCUT2D eigenvalue weighted by Gasteiger charge is -2.07. The minimum Gasteiger partial charge on any atom is -0.340 e. The Morgan fingerprint density at radius 3 is 2.75 bits per heavy atom. The van der Waals surface area contributed by atoms with E-state index in [1.54, 1.807) is 0 Å². The molecule has 20 heavy (non-hydrogen) atoms. The van der Waals surface area contributed by atoms with Crippen LogP contribution in [-0.2, 0) is 20.1 Å². The van der Waals surface area contributed by atoms with E-state index in [0.29, 0.717) is 0 Å². The molecule has 2 heterocycles. The summed E-state index contributed by atoms with van der Waals surface area (Å²) in [6, 6.07) is 8.70. The fourth-order valence-corrected chi connectivity index (χ4v) is 2.42. The molecule has 0 aliphatic rings. The Morgan fingerprint density at radius 1 is 1.20 bits per heavy atom. The zero-order valence-electron chi connectivity index (χ0n) is 12.1. The zero-order chi connectivity index (χ0) is 14.1. The maximum absolute atomic E-state index is 4.24. The molecule has 5 nitrogen and oxygen atoms in total. The van der Waals surface area contributed by atoms with E-state index in [4.69, 9.17) is 0 Å². The highest BCUT2D eigenvalue weighted by Gasteiger charge is 2.08. The number of nitrogens with one attached hydrogen (secondary N) is 1. The molecule has 0 aliphatic heterocycles. The monoisotopic (exact) mass is 269 g/mol. The normalized spacial score (nSPS) is 11.3. The fourth-order valence-electron chi connectivity index (χ4n) is 2.42. The highest BCUT2D eigenvalue weighted by atomic mass is 15.3. The van der Waals surface area contributed by atoms with E-state index in [2.05, 4.69) is 50.5 Å². The first kappa shape index (κ1) is 12.9. The molecule has 0 saturated carbocycles. The van der Waals surface area contributed by atoms with Gasteiger partial charge in [0, 0.05) is 25.3 Å². The first-order valence-corrected chi connectivity index (χ1v) is 6.76. The van der Waals surface area contributed by atoms with Crippen LogP contribution >= 0.6 is 0 Å². The van der Waals surface area contributed by atoms with Crippen LogP contribution in [0, 0.1) is 6.92 Å². The minimum atomic E-state index is 0.740. The Balaban J connectivity index is 1.98. The van der Waals surface area contributed by atoms with Crippen molar-refractivity contribution in [1.82, 2.24) is 24.6 Å². The van der Waals surface area contributed by atoms with Crippen LogP contribution in [0.3, 0.4) is 0 Å². The number of aryl methyl sites for hydroxylation is 1. The number of hydrogen-bond donors (Lipinski definition) is 1. The standard InChI is InChI=1S/C15H19N5/c1-11-17-18-15(19(11)3)10-20-7-6-13-5-4-12(9-16-2)8-14(13)20/h4-8,16H,9-10H2,1-3H3. The number of rotatable bonds is 4. The lowest BCUT2D eigenvalue weighted by Crippen LogP contribution is -2.07. The Kier molecular flexibility index (Phi) is 3.28. The van der Waals surface area contributed by atoms with Gasteiger partial charge >= 0.3 is 0 Å². The molecule has 104 valence electrons.